The predicted octanol–water partition coefficient (Wildman–Crippen LogP) is 3.01. The quantitative estimate of drug-likeness (QED) is 0.768. The summed E-state index contributed by atoms with van der Waals surface area (Å²) in [6.07, 6.45) is 5.88. The molecule has 1 saturated heterocycles. The van der Waals surface area contributed by atoms with E-state index in [9.17, 15) is 4.79 Å². The molecule has 1 fully saturated rings. The first-order valence-corrected chi connectivity index (χ1v) is 6.65. The Hall–Kier alpha value is -0.730. The van der Waals surface area contributed by atoms with Crippen LogP contribution in [0, 0.1) is 5.92 Å². The van der Waals surface area contributed by atoms with E-state index in [-0.39, 0.29) is 6.03 Å². The molecular weight excluding hydrogens is 200 g/mol. The van der Waals surface area contributed by atoms with Gasteiger partial charge in [-0.15, -0.1) is 0 Å². The van der Waals surface area contributed by atoms with E-state index in [1.54, 1.807) is 0 Å². The minimum Gasteiger partial charge on any atom is -0.336 e. The van der Waals surface area contributed by atoms with Crippen molar-refractivity contribution in [2.75, 3.05) is 13.1 Å². The van der Waals surface area contributed by atoms with Gasteiger partial charge in [0, 0.05) is 19.1 Å². The van der Waals surface area contributed by atoms with E-state index in [0.717, 1.165) is 38.3 Å². The monoisotopic (exact) mass is 226 g/mol. The molecule has 1 rings (SSSR count). The molecule has 1 aliphatic rings. The van der Waals surface area contributed by atoms with Crippen molar-refractivity contribution in [1.82, 2.24) is 10.2 Å². The molecule has 0 aliphatic carbocycles. The zero-order valence-electron chi connectivity index (χ0n) is 11.0. The normalized spacial score (nSPS) is 17.9. The van der Waals surface area contributed by atoms with Gasteiger partial charge in [0.25, 0.3) is 0 Å². The van der Waals surface area contributed by atoms with Crippen LogP contribution in [-0.2, 0) is 0 Å². The molecular formula is C13H26N2O. The van der Waals surface area contributed by atoms with Crippen LogP contribution in [0.25, 0.3) is 0 Å². The summed E-state index contributed by atoms with van der Waals surface area (Å²) in [5.41, 5.74) is 0. The standard InChI is InChI=1S/C13H26N2O/c1-11(2)7-6-8-12(3)14-13(16)15-9-4-5-10-15/h11-12H,4-10H2,1-3H3,(H,14,16). The Kier molecular flexibility index (Phi) is 5.64. The first-order valence-electron chi connectivity index (χ1n) is 6.65. The number of nitrogens with zero attached hydrogens (tertiary/aromatic N) is 1. The van der Waals surface area contributed by atoms with Crippen molar-refractivity contribution in [2.24, 2.45) is 5.92 Å². The van der Waals surface area contributed by atoms with Gasteiger partial charge >= 0.3 is 6.03 Å². The highest BCUT2D eigenvalue weighted by Gasteiger charge is 2.18. The van der Waals surface area contributed by atoms with Crippen molar-refractivity contribution < 1.29 is 4.79 Å². The number of hydrogen-bond donors (Lipinski definition) is 1. The van der Waals surface area contributed by atoms with Crippen LogP contribution in [0.4, 0.5) is 4.79 Å². The second-order valence-electron chi connectivity index (χ2n) is 5.37. The third-order valence-electron chi connectivity index (χ3n) is 3.18. The first kappa shape index (κ1) is 13.3. The summed E-state index contributed by atoms with van der Waals surface area (Å²) in [5, 5.41) is 3.08. The molecule has 1 heterocycles. The Morgan fingerprint density at radius 3 is 2.38 bits per heavy atom. The van der Waals surface area contributed by atoms with Gasteiger partial charge in [-0.05, 0) is 32.1 Å². The highest BCUT2D eigenvalue weighted by atomic mass is 16.2. The summed E-state index contributed by atoms with van der Waals surface area (Å²) in [4.78, 5) is 13.7. The van der Waals surface area contributed by atoms with Gasteiger partial charge in [0.05, 0.1) is 0 Å². The van der Waals surface area contributed by atoms with E-state index < -0.39 is 0 Å². The third kappa shape index (κ3) is 4.86. The summed E-state index contributed by atoms with van der Waals surface area (Å²) in [5.74, 6) is 0.765. The molecule has 1 unspecified atom stereocenters. The summed E-state index contributed by atoms with van der Waals surface area (Å²) >= 11 is 0. The number of amides is 2. The number of carbonyl (C=O) groups is 1. The van der Waals surface area contributed by atoms with E-state index in [1.165, 1.54) is 12.8 Å². The number of rotatable bonds is 5. The minimum absolute atomic E-state index is 0.134. The van der Waals surface area contributed by atoms with Crippen molar-refractivity contribution in [3.05, 3.63) is 0 Å². The number of urea groups is 1. The second kappa shape index (κ2) is 6.77. The van der Waals surface area contributed by atoms with Gasteiger partial charge in [-0.1, -0.05) is 26.7 Å². The van der Waals surface area contributed by atoms with Gasteiger partial charge in [-0.2, -0.15) is 0 Å². The van der Waals surface area contributed by atoms with Crippen LogP contribution in [0.2, 0.25) is 0 Å². The molecule has 94 valence electrons. The average Bonchev–Trinajstić information content (AvgIpc) is 2.69. The molecule has 0 bridgehead atoms. The third-order valence-corrected chi connectivity index (χ3v) is 3.18. The van der Waals surface area contributed by atoms with E-state index in [1.807, 2.05) is 4.90 Å². The molecule has 0 aromatic carbocycles. The lowest BCUT2D eigenvalue weighted by Crippen LogP contribution is -2.42. The summed E-state index contributed by atoms with van der Waals surface area (Å²) in [6.45, 7) is 8.46. The molecule has 2 amide bonds. The van der Waals surface area contributed by atoms with E-state index in [4.69, 9.17) is 0 Å². The molecule has 3 nitrogen and oxygen atoms in total. The predicted molar refractivity (Wildman–Crippen MR) is 67.5 cm³/mol. The topological polar surface area (TPSA) is 32.3 Å². The van der Waals surface area contributed by atoms with Crippen LogP contribution >= 0.6 is 0 Å². The number of likely N-dealkylation sites (tertiary alicyclic amines) is 1. The van der Waals surface area contributed by atoms with Gasteiger partial charge in [0.15, 0.2) is 0 Å². The van der Waals surface area contributed by atoms with Crippen molar-refractivity contribution >= 4 is 6.03 Å². The molecule has 0 saturated carbocycles. The molecule has 1 aliphatic heterocycles. The summed E-state index contributed by atoms with van der Waals surface area (Å²) < 4.78 is 0. The Labute approximate surface area is 99.6 Å². The van der Waals surface area contributed by atoms with Gasteiger partial charge in [0.2, 0.25) is 0 Å². The maximum atomic E-state index is 11.8. The van der Waals surface area contributed by atoms with Crippen molar-refractivity contribution in [3.8, 4) is 0 Å². The Morgan fingerprint density at radius 1 is 1.19 bits per heavy atom. The maximum absolute atomic E-state index is 11.8. The van der Waals surface area contributed by atoms with Crippen LogP contribution in [0.1, 0.15) is 52.9 Å². The van der Waals surface area contributed by atoms with Gasteiger partial charge in [0.1, 0.15) is 0 Å². The van der Waals surface area contributed by atoms with Crippen LogP contribution < -0.4 is 5.32 Å². The van der Waals surface area contributed by atoms with Crippen LogP contribution in [0.3, 0.4) is 0 Å². The SMILES string of the molecule is CC(C)CCCC(C)NC(=O)N1CCCC1. The molecule has 0 spiro atoms. The molecule has 0 aromatic heterocycles. The zero-order chi connectivity index (χ0) is 12.0. The van der Waals surface area contributed by atoms with E-state index in [2.05, 4.69) is 26.1 Å². The Bertz CT molecular complexity index is 210. The number of hydrogen-bond acceptors (Lipinski definition) is 1. The maximum Gasteiger partial charge on any atom is 0.317 e. The number of carbonyl (C=O) groups excluding carboxylic acids is 1. The fourth-order valence-electron chi connectivity index (χ4n) is 2.13. The van der Waals surface area contributed by atoms with Crippen LogP contribution in [-0.4, -0.2) is 30.1 Å². The van der Waals surface area contributed by atoms with Gasteiger partial charge < -0.3 is 10.2 Å². The second-order valence-corrected chi connectivity index (χ2v) is 5.37. The van der Waals surface area contributed by atoms with Gasteiger partial charge in [-0.3, -0.25) is 0 Å². The minimum atomic E-state index is 0.134. The first-order chi connectivity index (χ1) is 7.59. The van der Waals surface area contributed by atoms with Crippen molar-refractivity contribution in [3.63, 3.8) is 0 Å². The highest BCUT2D eigenvalue weighted by molar-refractivity contribution is 5.74. The Balaban J connectivity index is 2.12. The molecule has 0 radical (unpaired) electrons. The molecule has 3 heteroatoms. The van der Waals surface area contributed by atoms with Crippen LogP contribution in [0.5, 0.6) is 0 Å². The molecule has 1 N–H and O–H groups in total. The molecule has 1 atom stereocenters. The van der Waals surface area contributed by atoms with Crippen LogP contribution in [0.15, 0.2) is 0 Å². The summed E-state index contributed by atoms with van der Waals surface area (Å²) in [7, 11) is 0. The summed E-state index contributed by atoms with van der Waals surface area (Å²) in [6, 6.07) is 0.446. The number of nitrogens with one attached hydrogen (secondary N) is 1. The molecule has 16 heavy (non-hydrogen) atoms. The fraction of sp³-hybridized carbons (Fsp3) is 0.923. The fourth-order valence-corrected chi connectivity index (χ4v) is 2.13. The van der Waals surface area contributed by atoms with Crippen molar-refractivity contribution in [1.29, 1.82) is 0 Å². The Morgan fingerprint density at radius 2 is 1.81 bits per heavy atom. The van der Waals surface area contributed by atoms with E-state index in [0.29, 0.717) is 6.04 Å². The van der Waals surface area contributed by atoms with E-state index >= 15 is 0 Å². The largest absolute Gasteiger partial charge is 0.336 e. The lowest BCUT2D eigenvalue weighted by Gasteiger charge is -2.20. The van der Waals surface area contributed by atoms with Gasteiger partial charge in [-0.25, -0.2) is 4.79 Å². The van der Waals surface area contributed by atoms with Crippen molar-refractivity contribution in [2.45, 2.75) is 58.9 Å². The zero-order valence-corrected chi connectivity index (χ0v) is 11.0. The lowest BCUT2D eigenvalue weighted by atomic mass is 10.0. The smallest absolute Gasteiger partial charge is 0.317 e. The highest BCUT2D eigenvalue weighted by Crippen LogP contribution is 2.10. The lowest BCUT2D eigenvalue weighted by molar-refractivity contribution is 0.204. The molecule has 0 aromatic rings. The average molecular weight is 226 g/mol.